The first-order valence-electron chi connectivity index (χ1n) is 5.89. The van der Waals surface area contributed by atoms with Crippen LogP contribution in [0.25, 0.3) is 0 Å². The van der Waals surface area contributed by atoms with Gasteiger partial charge in [-0.25, -0.2) is 8.78 Å². The molecule has 0 aromatic heterocycles. The summed E-state index contributed by atoms with van der Waals surface area (Å²) in [6.45, 7) is 0. The van der Waals surface area contributed by atoms with E-state index >= 15 is 0 Å². The van der Waals surface area contributed by atoms with Crippen molar-refractivity contribution >= 4 is 29.0 Å². The minimum Gasteiger partial charge on any atom is -0.294 e. The zero-order chi connectivity index (χ0) is 14.7. The second-order valence-electron chi connectivity index (χ2n) is 4.33. The van der Waals surface area contributed by atoms with Gasteiger partial charge in [-0.2, -0.15) is 0 Å². The largest absolute Gasteiger partial charge is 0.294 e. The number of hydrogen-bond donors (Lipinski definition) is 0. The number of hydrogen-bond acceptors (Lipinski definition) is 1. The molecule has 0 amide bonds. The maximum atomic E-state index is 13.3. The van der Waals surface area contributed by atoms with Crippen molar-refractivity contribution in [3.63, 3.8) is 0 Å². The Morgan fingerprint density at radius 2 is 1.80 bits per heavy atom. The number of carbonyl (C=O) groups is 1. The third kappa shape index (κ3) is 3.78. The van der Waals surface area contributed by atoms with Crippen LogP contribution in [0.2, 0.25) is 10.0 Å². The highest BCUT2D eigenvalue weighted by Gasteiger charge is 2.10. The van der Waals surface area contributed by atoms with E-state index in [0.29, 0.717) is 12.0 Å². The van der Waals surface area contributed by atoms with Crippen molar-refractivity contribution in [2.75, 3.05) is 0 Å². The monoisotopic (exact) mass is 314 g/mol. The molecule has 0 bridgehead atoms. The molecule has 0 atom stereocenters. The summed E-state index contributed by atoms with van der Waals surface area (Å²) in [5.74, 6) is -1.32. The molecule has 0 N–H and O–H groups in total. The molecule has 0 aliphatic rings. The molecule has 0 aliphatic carbocycles. The molecule has 104 valence electrons. The fourth-order valence-corrected chi connectivity index (χ4v) is 2.19. The van der Waals surface area contributed by atoms with Crippen LogP contribution in [0.3, 0.4) is 0 Å². The summed E-state index contributed by atoms with van der Waals surface area (Å²) < 4.78 is 26.4. The van der Waals surface area contributed by atoms with Gasteiger partial charge in [0, 0.05) is 17.0 Å². The molecule has 0 aliphatic heterocycles. The Kier molecular flexibility index (Phi) is 4.73. The zero-order valence-electron chi connectivity index (χ0n) is 10.3. The summed E-state index contributed by atoms with van der Waals surface area (Å²) >= 11 is 11.3. The lowest BCUT2D eigenvalue weighted by Crippen LogP contribution is -2.02. The smallest absolute Gasteiger partial charge is 0.163 e. The zero-order valence-corrected chi connectivity index (χ0v) is 11.8. The van der Waals surface area contributed by atoms with Gasteiger partial charge in [0.25, 0.3) is 0 Å². The molecule has 0 heterocycles. The lowest BCUT2D eigenvalue weighted by Gasteiger charge is -2.04. The molecular weight excluding hydrogens is 305 g/mol. The summed E-state index contributed by atoms with van der Waals surface area (Å²) in [7, 11) is 0. The number of aryl methyl sites for hydroxylation is 1. The van der Waals surface area contributed by atoms with E-state index < -0.39 is 11.6 Å². The van der Waals surface area contributed by atoms with Crippen LogP contribution >= 0.6 is 23.2 Å². The third-order valence-corrected chi connectivity index (χ3v) is 3.33. The topological polar surface area (TPSA) is 17.1 Å². The molecule has 0 saturated heterocycles. The van der Waals surface area contributed by atoms with Crippen LogP contribution < -0.4 is 0 Å². The van der Waals surface area contributed by atoms with E-state index in [0.717, 1.165) is 6.07 Å². The van der Waals surface area contributed by atoms with Gasteiger partial charge in [0.2, 0.25) is 0 Å². The molecule has 0 spiro atoms. The number of halogens is 4. The second kappa shape index (κ2) is 6.33. The van der Waals surface area contributed by atoms with E-state index in [9.17, 15) is 13.6 Å². The molecule has 2 rings (SSSR count). The predicted molar refractivity (Wildman–Crippen MR) is 75.5 cm³/mol. The maximum Gasteiger partial charge on any atom is 0.163 e. The first-order chi connectivity index (χ1) is 9.45. The van der Waals surface area contributed by atoms with Gasteiger partial charge in [0.15, 0.2) is 5.78 Å². The van der Waals surface area contributed by atoms with Gasteiger partial charge in [-0.05, 0) is 48.4 Å². The van der Waals surface area contributed by atoms with Crippen LogP contribution in [-0.2, 0) is 6.42 Å². The summed E-state index contributed by atoms with van der Waals surface area (Å²) in [6, 6.07) is 8.02. The fourth-order valence-electron chi connectivity index (χ4n) is 1.83. The van der Waals surface area contributed by atoms with Crippen LogP contribution in [0.4, 0.5) is 8.78 Å². The van der Waals surface area contributed by atoms with Gasteiger partial charge in [0.1, 0.15) is 11.6 Å². The molecule has 2 aromatic carbocycles. The summed E-state index contributed by atoms with van der Waals surface area (Å²) in [4.78, 5) is 11.9. The Bertz CT molecular complexity index is 636. The van der Waals surface area contributed by atoms with Crippen LogP contribution in [-0.4, -0.2) is 5.78 Å². The highest BCUT2D eigenvalue weighted by Crippen LogP contribution is 2.19. The molecule has 5 heteroatoms. The third-order valence-electron chi connectivity index (χ3n) is 2.80. The average Bonchev–Trinajstić information content (AvgIpc) is 2.38. The van der Waals surface area contributed by atoms with Crippen LogP contribution in [0.5, 0.6) is 0 Å². The highest BCUT2D eigenvalue weighted by molar-refractivity contribution is 6.31. The van der Waals surface area contributed by atoms with Gasteiger partial charge in [-0.1, -0.05) is 23.2 Å². The molecule has 1 nitrogen and oxygen atoms in total. The van der Waals surface area contributed by atoms with Crippen molar-refractivity contribution < 1.29 is 13.6 Å². The Balaban J connectivity index is 2.06. The Labute approximate surface area is 125 Å². The quantitative estimate of drug-likeness (QED) is 0.719. The number of carbonyl (C=O) groups excluding carboxylic acids is 1. The van der Waals surface area contributed by atoms with Gasteiger partial charge >= 0.3 is 0 Å². The van der Waals surface area contributed by atoms with Crippen molar-refractivity contribution in [2.45, 2.75) is 12.8 Å². The summed E-state index contributed by atoms with van der Waals surface area (Å²) in [5, 5.41) is 0.253. The van der Waals surface area contributed by atoms with Gasteiger partial charge in [-0.3, -0.25) is 4.79 Å². The molecule has 0 radical (unpaired) electrons. The first kappa shape index (κ1) is 14.9. The van der Waals surface area contributed by atoms with Gasteiger partial charge in [-0.15, -0.1) is 0 Å². The number of rotatable bonds is 4. The van der Waals surface area contributed by atoms with Crippen molar-refractivity contribution in [3.8, 4) is 0 Å². The van der Waals surface area contributed by atoms with Crippen molar-refractivity contribution in [2.24, 2.45) is 0 Å². The summed E-state index contributed by atoms with van der Waals surface area (Å²) in [6.07, 6.45) is 0.474. The molecule has 2 aromatic rings. The number of Topliss-reactive ketones (excluding diaryl/α,β-unsaturated/α-hetero) is 1. The van der Waals surface area contributed by atoms with Crippen LogP contribution in [0.1, 0.15) is 22.3 Å². The van der Waals surface area contributed by atoms with E-state index in [1.54, 1.807) is 6.07 Å². The van der Waals surface area contributed by atoms with Crippen LogP contribution in [0.15, 0.2) is 36.4 Å². The van der Waals surface area contributed by atoms with E-state index in [1.165, 1.54) is 24.3 Å². The summed E-state index contributed by atoms with van der Waals surface area (Å²) in [5.41, 5.74) is 0.868. The fraction of sp³-hybridized carbons (Fsp3) is 0.133. The maximum absolute atomic E-state index is 13.3. The van der Waals surface area contributed by atoms with E-state index in [2.05, 4.69) is 0 Å². The van der Waals surface area contributed by atoms with Crippen molar-refractivity contribution in [1.82, 2.24) is 0 Å². The van der Waals surface area contributed by atoms with E-state index in [-0.39, 0.29) is 27.8 Å². The Morgan fingerprint density at radius 1 is 1.05 bits per heavy atom. The minimum atomic E-state index is -0.633. The first-order valence-corrected chi connectivity index (χ1v) is 6.64. The second-order valence-corrected chi connectivity index (χ2v) is 5.17. The lowest BCUT2D eigenvalue weighted by atomic mass is 10.0. The van der Waals surface area contributed by atoms with Crippen LogP contribution in [0, 0.1) is 11.6 Å². The highest BCUT2D eigenvalue weighted by atomic mass is 35.5. The standard InChI is InChI=1S/C15H10Cl2F2O/c16-11-5-9(6-12(18)8-11)1-4-15(20)10-2-3-13(17)14(19)7-10/h2-3,5-8H,1,4H2. The Hall–Kier alpha value is -1.45. The SMILES string of the molecule is O=C(CCc1cc(F)cc(Cl)c1)c1ccc(Cl)c(F)c1. The van der Waals surface area contributed by atoms with Crippen molar-refractivity contribution in [1.29, 1.82) is 0 Å². The average molecular weight is 315 g/mol. The lowest BCUT2D eigenvalue weighted by molar-refractivity contribution is 0.0982. The number of ketones is 1. The molecule has 0 unspecified atom stereocenters. The van der Waals surface area contributed by atoms with Gasteiger partial charge < -0.3 is 0 Å². The molecule has 0 fully saturated rings. The predicted octanol–water partition coefficient (Wildman–Crippen LogP) is 5.09. The molecule has 20 heavy (non-hydrogen) atoms. The molecule has 0 saturated carbocycles. The Morgan fingerprint density at radius 3 is 2.45 bits per heavy atom. The molecular formula is C15H10Cl2F2O. The van der Waals surface area contributed by atoms with Gasteiger partial charge in [0.05, 0.1) is 5.02 Å². The van der Waals surface area contributed by atoms with E-state index in [1.807, 2.05) is 0 Å². The number of benzene rings is 2. The van der Waals surface area contributed by atoms with Crippen molar-refractivity contribution in [3.05, 3.63) is 69.2 Å². The van der Waals surface area contributed by atoms with E-state index in [4.69, 9.17) is 23.2 Å². The minimum absolute atomic E-state index is 0.0292. The normalized spacial score (nSPS) is 10.6.